The number of ether oxygens (including phenoxy) is 1. The molecule has 0 unspecified atom stereocenters. The molecule has 0 amide bonds. The fourth-order valence-electron chi connectivity index (χ4n) is 2.71. The van der Waals surface area contributed by atoms with Gasteiger partial charge in [-0.25, -0.2) is 19.7 Å². The summed E-state index contributed by atoms with van der Waals surface area (Å²) >= 11 is 1.97. The number of anilines is 1. The van der Waals surface area contributed by atoms with Crippen LogP contribution >= 0.6 is 22.6 Å². The number of hydrogen-bond donors (Lipinski definition) is 2. The summed E-state index contributed by atoms with van der Waals surface area (Å²) in [6, 6.07) is 13.1. The van der Waals surface area contributed by atoms with E-state index in [2.05, 4.69) is 19.9 Å². The number of rotatable bonds is 4. The van der Waals surface area contributed by atoms with Gasteiger partial charge in [0.2, 0.25) is 5.88 Å². The van der Waals surface area contributed by atoms with Crippen LogP contribution in [0.2, 0.25) is 0 Å². The number of nitrogen functional groups attached to an aromatic ring is 1. The van der Waals surface area contributed by atoms with Crippen molar-refractivity contribution >= 4 is 39.6 Å². The average molecular weight is 474 g/mol. The third kappa shape index (κ3) is 3.63. The molecule has 0 bridgehead atoms. The summed E-state index contributed by atoms with van der Waals surface area (Å²) in [6.07, 6.45) is 0. The van der Waals surface area contributed by atoms with E-state index in [0.717, 1.165) is 11.3 Å². The first-order valence-electron chi connectivity index (χ1n) is 8.11. The number of fused-ring (bicyclic) bond motifs is 1. The molecular weight excluding hydrogens is 459 g/mol. The molecule has 0 aliphatic heterocycles. The van der Waals surface area contributed by atoms with Gasteiger partial charge in [-0.2, -0.15) is 0 Å². The lowest BCUT2D eigenvalue weighted by atomic mass is 10.2. The molecule has 3 heterocycles. The molecule has 0 saturated heterocycles. The van der Waals surface area contributed by atoms with Gasteiger partial charge in [0.25, 0.3) is 0 Å². The highest BCUT2D eigenvalue weighted by Gasteiger charge is 2.13. The topological polar surface area (TPSA) is 112 Å². The standard InChI is InChI=1S/C18H15IN6O2/c1-10-3-2-4-13(21-10)27-12-7-5-11(6-8-12)9-25-16-14(22-18(25)26)15(20)23-17(19)24-16/h2-8H,9H2,1H3,(H,22,26)(H2,20,23,24). The summed E-state index contributed by atoms with van der Waals surface area (Å²) in [5, 5.41) is 0. The maximum atomic E-state index is 12.3. The minimum absolute atomic E-state index is 0.259. The Bertz CT molecular complexity index is 1180. The van der Waals surface area contributed by atoms with Crippen LogP contribution in [0.5, 0.6) is 11.6 Å². The number of halogens is 1. The van der Waals surface area contributed by atoms with Crippen molar-refractivity contribution in [2.24, 2.45) is 0 Å². The van der Waals surface area contributed by atoms with Crippen molar-refractivity contribution in [2.75, 3.05) is 5.73 Å². The van der Waals surface area contributed by atoms with Gasteiger partial charge in [0.15, 0.2) is 15.3 Å². The highest BCUT2D eigenvalue weighted by molar-refractivity contribution is 14.1. The van der Waals surface area contributed by atoms with Crippen LogP contribution in [0, 0.1) is 10.8 Å². The first kappa shape index (κ1) is 17.5. The second kappa shape index (κ2) is 6.99. The Kier molecular flexibility index (Phi) is 4.52. The Hall–Kier alpha value is -2.95. The average Bonchev–Trinajstić information content (AvgIpc) is 2.93. The smallest absolute Gasteiger partial charge is 0.328 e. The summed E-state index contributed by atoms with van der Waals surface area (Å²) in [5.41, 5.74) is 8.34. The van der Waals surface area contributed by atoms with Crippen molar-refractivity contribution in [1.82, 2.24) is 24.5 Å². The zero-order valence-corrected chi connectivity index (χ0v) is 16.5. The Morgan fingerprint density at radius 1 is 1.15 bits per heavy atom. The SMILES string of the molecule is Cc1cccc(Oc2ccc(Cn3c(=O)[nH]c4c(N)nc(I)nc43)cc2)n1. The molecule has 0 fully saturated rings. The van der Waals surface area contributed by atoms with Crippen LogP contribution in [-0.4, -0.2) is 24.5 Å². The van der Waals surface area contributed by atoms with Gasteiger partial charge >= 0.3 is 5.69 Å². The second-order valence-electron chi connectivity index (χ2n) is 5.96. The maximum Gasteiger partial charge on any atom is 0.328 e. The zero-order valence-electron chi connectivity index (χ0n) is 14.3. The first-order valence-corrected chi connectivity index (χ1v) is 9.19. The second-order valence-corrected chi connectivity index (χ2v) is 6.92. The van der Waals surface area contributed by atoms with Crippen LogP contribution in [0.15, 0.2) is 47.3 Å². The van der Waals surface area contributed by atoms with E-state index in [1.165, 1.54) is 4.57 Å². The molecule has 8 nitrogen and oxygen atoms in total. The molecule has 0 aliphatic rings. The molecule has 0 aliphatic carbocycles. The first-order chi connectivity index (χ1) is 13.0. The molecule has 9 heteroatoms. The van der Waals surface area contributed by atoms with E-state index in [0.29, 0.717) is 33.2 Å². The minimum atomic E-state index is -0.280. The number of aromatic amines is 1. The van der Waals surface area contributed by atoms with E-state index < -0.39 is 0 Å². The number of nitrogens with two attached hydrogens (primary N) is 1. The number of nitrogens with one attached hydrogen (secondary N) is 1. The van der Waals surface area contributed by atoms with Crippen molar-refractivity contribution in [3.63, 3.8) is 0 Å². The molecular formula is C18H15IN6O2. The van der Waals surface area contributed by atoms with Crippen LogP contribution in [-0.2, 0) is 6.54 Å². The molecule has 3 N–H and O–H groups in total. The Morgan fingerprint density at radius 3 is 2.67 bits per heavy atom. The van der Waals surface area contributed by atoms with Crippen molar-refractivity contribution < 1.29 is 4.74 Å². The predicted molar refractivity (Wildman–Crippen MR) is 110 cm³/mol. The molecule has 0 atom stereocenters. The van der Waals surface area contributed by atoms with E-state index in [1.807, 2.05) is 65.9 Å². The molecule has 0 saturated carbocycles. The number of H-pyrrole nitrogens is 1. The highest BCUT2D eigenvalue weighted by atomic mass is 127. The molecule has 4 rings (SSSR count). The Labute approximate surface area is 167 Å². The minimum Gasteiger partial charge on any atom is -0.439 e. The molecule has 0 radical (unpaired) electrons. The molecule has 0 spiro atoms. The van der Waals surface area contributed by atoms with Crippen molar-refractivity contribution in [2.45, 2.75) is 13.5 Å². The third-order valence-electron chi connectivity index (χ3n) is 3.97. The lowest BCUT2D eigenvalue weighted by Crippen LogP contribution is -2.17. The quantitative estimate of drug-likeness (QED) is 0.348. The largest absolute Gasteiger partial charge is 0.439 e. The van der Waals surface area contributed by atoms with Gasteiger partial charge in [0.05, 0.1) is 6.54 Å². The van der Waals surface area contributed by atoms with E-state index >= 15 is 0 Å². The maximum absolute atomic E-state index is 12.3. The van der Waals surface area contributed by atoms with Gasteiger partial charge < -0.3 is 15.5 Å². The molecule has 3 aromatic heterocycles. The van der Waals surface area contributed by atoms with Gasteiger partial charge in [-0.15, -0.1) is 0 Å². The molecule has 27 heavy (non-hydrogen) atoms. The summed E-state index contributed by atoms with van der Waals surface area (Å²) in [4.78, 5) is 27.7. The number of nitrogens with zero attached hydrogens (tertiary/aromatic N) is 4. The lowest BCUT2D eigenvalue weighted by molar-refractivity contribution is 0.461. The Balaban J connectivity index is 1.60. The number of hydrogen-bond acceptors (Lipinski definition) is 6. The van der Waals surface area contributed by atoms with Crippen molar-refractivity contribution in [1.29, 1.82) is 0 Å². The predicted octanol–water partition coefficient (Wildman–Crippen LogP) is 2.85. The van der Waals surface area contributed by atoms with Crippen LogP contribution in [0.1, 0.15) is 11.3 Å². The van der Waals surface area contributed by atoms with Gasteiger partial charge in [0.1, 0.15) is 11.3 Å². The Morgan fingerprint density at radius 2 is 1.93 bits per heavy atom. The van der Waals surface area contributed by atoms with Gasteiger partial charge in [-0.05, 0) is 30.7 Å². The van der Waals surface area contributed by atoms with Crippen LogP contribution in [0.25, 0.3) is 11.2 Å². The number of aryl methyl sites for hydroxylation is 1. The summed E-state index contributed by atoms with van der Waals surface area (Å²) in [7, 11) is 0. The van der Waals surface area contributed by atoms with Crippen LogP contribution in [0.4, 0.5) is 5.82 Å². The number of aromatic nitrogens is 5. The fraction of sp³-hybridized carbons (Fsp3) is 0.111. The summed E-state index contributed by atoms with van der Waals surface area (Å²) in [6.45, 7) is 2.26. The van der Waals surface area contributed by atoms with Crippen molar-refractivity contribution in [3.8, 4) is 11.6 Å². The molecule has 1 aromatic carbocycles. The van der Waals surface area contributed by atoms with Gasteiger partial charge in [-0.3, -0.25) is 4.57 Å². The van der Waals surface area contributed by atoms with Crippen LogP contribution in [0.3, 0.4) is 0 Å². The van der Waals surface area contributed by atoms with E-state index in [1.54, 1.807) is 6.07 Å². The number of imidazole rings is 1. The van der Waals surface area contributed by atoms with Gasteiger partial charge in [-0.1, -0.05) is 18.2 Å². The lowest BCUT2D eigenvalue weighted by Gasteiger charge is -2.07. The third-order valence-corrected chi connectivity index (χ3v) is 4.46. The molecule has 4 aromatic rings. The highest BCUT2D eigenvalue weighted by Crippen LogP contribution is 2.21. The van der Waals surface area contributed by atoms with E-state index in [9.17, 15) is 4.79 Å². The fourth-order valence-corrected chi connectivity index (χ4v) is 3.20. The monoisotopic (exact) mass is 474 g/mol. The number of pyridine rings is 1. The number of benzene rings is 1. The summed E-state index contributed by atoms with van der Waals surface area (Å²) < 4.78 is 7.77. The van der Waals surface area contributed by atoms with Crippen molar-refractivity contribution in [3.05, 3.63) is 68.0 Å². The zero-order chi connectivity index (χ0) is 19.0. The summed E-state index contributed by atoms with van der Waals surface area (Å²) in [5.74, 6) is 1.47. The van der Waals surface area contributed by atoms with Gasteiger partial charge in [0, 0.05) is 34.4 Å². The van der Waals surface area contributed by atoms with E-state index in [-0.39, 0.29) is 11.5 Å². The van der Waals surface area contributed by atoms with Crippen LogP contribution < -0.4 is 16.2 Å². The molecule has 136 valence electrons. The normalized spacial score (nSPS) is 11.0. The van der Waals surface area contributed by atoms with E-state index in [4.69, 9.17) is 10.5 Å².